The number of nitrogens with zero attached hydrogens (tertiary/aromatic N) is 2. The zero-order valence-corrected chi connectivity index (χ0v) is 16.0. The van der Waals surface area contributed by atoms with Gasteiger partial charge in [-0.2, -0.15) is 0 Å². The lowest BCUT2D eigenvalue weighted by Gasteiger charge is -2.37. The molecule has 3 aromatic carbocycles. The molecule has 1 aliphatic heterocycles. The molecule has 0 fully saturated rings. The van der Waals surface area contributed by atoms with Gasteiger partial charge in [0.2, 0.25) is 6.54 Å². The summed E-state index contributed by atoms with van der Waals surface area (Å²) in [5.41, 5.74) is 4.89. The van der Waals surface area contributed by atoms with Crippen molar-refractivity contribution in [2.75, 3.05) is 18.1 Å². The maximum absolute atomic E-state index is 11.5. The summed E-state index contributed by atoms with van der Waals surface area (Å²) in [6, 6.07) is 27.3. The minimum atomic E-state index is -0.385. The van der Waals surface area contributed by atoms with Gasteiger partial charge in [0.25, 0.3) is 0 Å². The third-order valence-electron chi connectivity index (χ3n) is 5.02. The van der Waals surface area contributed by atoms with Crippen molar-refractivity contribution < 1.29 is 9.66 Å². The van der Waals surface area contributed by atoms with Crippen LogP contribution in [-0.4, -0.2) is 18.1 Å². The molecule has 1 unspecified atom stereocenters. The molecular weight excluding hydrogens is 364 g/mol. The van der Waals surface area contributed by atoms with Gasteiger partial charge in [0.1, 0.15) is 6.04 Å². The molecule has 1 heterocycles. The van der Waals surface area contributed by atoms with Crippen molar-refractivity contribution >= 4 is 11.8 Å². The van der Waals surface area contributed by atoms with E-state index >= 15 is 0 Å². The van der Waals surface area contributed by atoms with Crippen LogP contribution in [0.25, 0.3) is 6.08 Å². The van der Waals surface area contributed by atoms with Crippen molar-refractivity contribution in [2.24, 2.45) is 0 Å². The maximum atomic E-state index is 11.5. The first kappa shape index (κ1) is 18.9. The molecule has 1 aliphatic rings. The summed E-state index contributed by atoms with van der Waals surface area (Å²) >= 11 is 0. The second-order valence-corrected chi connectivity index (χ2v) is 6.98. The first-order chi connectivity index (χ1) is 14.2. The third kappa shape index (κ3) is 4.36. The predicted octanol–water partition coefficient (Wildman–Crippen LogP) is 5.08. The SMILES string of the molecule is O=[N+]([O-])CC1c2ccccc2C=C(COCc2ccccc2)N1c1ccccc1. The van der Waals surface area contributed by atoms with E-state index in [0.29, 0.717) is 13.2 Å². The van der Waals surface area contributed by atoms with Crippen LogP contribution in [0.5, 0.6) is 0 Å². The first-order valence-corrected chi connectivity index (χ1v) is 9.59. The van der Waals surface area contributed by atoms with Crippen LogP contribution in [0.3, 0.4) is 0 Å². The lowest BCUT2D eigenvalue weighted by Crippen LogP contribution is -2.37. The summed E-state index contributed by atoms with van der Waals surface area (Å²) in [4.78, 5) is 13.3. The van der Waals surface area contributed by atoms with Gasteiger partial charge in [-0.05, 0) is 34.9 Å². The average molecular weight is 386 g/mol. The van der Waals surface area contributed by atoms with E-state index in [-0.39, 0.29) is 17.5 Å². The van der Waals surface area contributed by atoms with Gasteiger partial charge in [0.15, 0.2) is 0 Å². The Morgan fingerprint density at radius 1 is 0.862 bits per heavy atom. The van der Waals surface area contributed by atoms with Crippen molar-refractivity contribution in [2.45, 2.75) is 12.6 Å². The van der Waals surface area contributed by atoms with E-state index in [1.54, 1.807) is 0 Å². The van der Waals surface area contributed by atoms with E-state index < -0.39 is 0 Å². The Hall–Kier alpha value is -3.44. The van der Waals surface area contributed by atoms with Gasteiger partial charge in [0.05, 0.1) is 13.2 Å². The molecule has 0 aromatic heterocycles. The number of benzene rings is 3. The van der Waals surface area contributed by atoms with Crippen LogP contribution in [0.15, 0.2) is 90.6 Å². The monoisotopic (exact) mass is 386 g/mol. The number of nitro groups is 1. The lowest BCUT2D eigenvalue weighted by atomic mass is 9.93. The van der Waals surface area contributed by atoms with Gasteiger partial charge >= 0.3 is 0 Å². The Bertz CT molecular complexity index is 1000. The molecular formula is C24H22N2O3. The minimum absolute atomic E-state index is 0.179. The molecule has 0 aliphatic carbocycles. The van der Waals surface area contributed by atoms with Crippen LogP contribution in [0.1, 0.15) is 22.7 Å². The molecule has 146 valence electrons. The smallest absolute Gasteiger partial charge is 0.228 e. The first-order valence-electron chi connectivity index (χ1n) is 9.59. The fourth-order valence-corrected chi connectivity index (χ4v) is 3.75. The van der Waals surface area contributed by atoms with Gasteiger partial charge in [-0.15, -0.1) is 0 Å². The molecule has 3 aromatic rings. The fourth-order valence-electron chi connectivity index (χ4n) is 3.75. The molecule has 5 nitrogen and oxygen atoms in total. The highest BCUT2D eigenvalue weighted by molar-refractivity contribution is 5.70. The Labute approximate surface area is 170 Å². The number of hydrogen-bond donors (Lipinski definition) is 0. The quantitative estimate of drug-likeness (QED) is 0.420. The number of para-hydroxylation sites is 1. The Kier molecular flexibility index (Phi) is 5.68. The van der Waals surface area contributed by atoms with Crippen LogP contribution < -0.4 is 4.90 Å². The zero-order valence-electron chi connectivity index (χ0n) is 16.0. The summed E-state index contributed by atoms with van der Waals surface area (Å²) in [6.07, 6.45) is 2.07. The highest BCUT2D eigenvalue weighted by atomic mass is 16.6. The molecule has 29 heavy (non-hydrogen) atoms. The number of anilines is 1. The van der Waals surface area contributed by atoms with Crippen molar-refractivity contribution in [3.05, 3.63) is 117 Å². The van der Waals surface area contributed by atoms with E-state index in [4.69, 9.17) is 4.74 Å². The summed E-state index contributed by atoms with van der Waals surface area (Å²) in [5.74, 6) is 0. The van der Waals surface area contributed by atoms with Gasteiger partial charge in [-0.3, -0.25) is 10.1 Å². The number of ether oxygens (including phenoxy) is 1. The molecule has 0 N–H and O–H groups in total. The summed E-state index contributed by atoms with van der Waals surface area (Å²) in [6.45, 7) is 0.677. The Morgan fingerprint density at radius 2 is 1.52 bits per heavy atom. The minimum Gasteiger partial charge on any atom is -0.371 e. The molecule has 1 atom stereocenters. The molecule has 0 saturated heterocycles. The topological polar surface area (TPSA) is 55.6 Å². The lowest BCUT2D eigenvalue weighted by molar-refractivity contribution is -0.483. The average Bonchev–Trinajstić information content (AvgIpc) is 2.75. The van der Waals surface area contributed by atoms with Gasteiger partial charge in [-0.25, -0.2) is 0 Å². The molecule has 4 rings (SSSR count). The maximum Gasteiger partial charge on any atom is 0.228 e. The van der Waals surface area contributed by atoms with E-state index in [0.717, 1.165) is 28.1 Å². The van der Waals surface area contributed by atoms with E-state index in [2.05, 4.69) is 6.08 Å². The van der Waals surface area contributed by atoms with E-state index in [9.17, 15) is 10.1 Å². The standard InChI is InChI=1S/C24H22N2O3/c27-25(28)16-24-23-14-8-7-11-20(23)15-22(26(24)21-12-5-2-6-13-21)18-29-17-19-9-3-1-4-10-19/h1-15,24H,16-18H2. The van der Waals surface area contributed by atoms with Crippen molar-refractivity contribution in [3.8, 4) is 0 Å². The Morgan fingerprint density at radius 3 is 2.24 bits per heavy atom. The van der Waals surface area contributed by atoms with Crippen molar-refractivity contribution in [3.63, 3.8) is 0 Å². The summed E-state index contributed by atoms with van der Waals surface area (Å²) in [5, 5.41) is 11.5. The van der Waals surface area contributed by atoms with Crippen LogP contribution in [-0.2, 0) is 11.3 Å². The molecule has 0 spiro atoms. The van der Waals surface area contributed by atoms with Crippen LogP contribution in [0.4, 0.5) is 5.69 Å². The van der Waals surface area contributed by atoms with Crippen LogP contribution in [0.2, 0.25) is 0 Å². The van der Waals surface area contributed by atoms with Gasteiger partial charge < -0.3 is 9.64 Å². The van der Waals surface area contributed by atoms with Crippen molar-refractivity contribution in [1.82, 2.24) is 0 Å². The molecule has 0 saturated carbocycles. The zero-order chi connectivity index (χ0) is 20.1. The summed E-state index contributed by atoms with van der Waals surface area (Å²) < 4.78 is 6.00. The highest BCUT2D eigenvalue weighted by Crippen LogP contribution is 2.38. The molecule has 0 amide bonds. The van der Waals surface area contributed by atoms with E-state index in [1.807, 2.05) is 89.8 Å². The van der Waals surface area contributed by atoms with Gasteiger partial charge in [0, 0.05) is 16.3 Å². The largest absolute Gasteiger partial charge is 0.371 e. The normalized spacial score (nSPS) is 15.5. The van der Waals surface area contributed by atoms with Crippen LogP contribution >= 0.6 is 0 Å². The number of fused-ring (bicyclic) bond motifs is 1. The van der Waals surface area contributed by atoms with Crippen molar-refractivity contribution in [1.29, 1.82) is 0 Å². The molecule has 0 bridgehead atoms. The fraction of sp³-hybridized carbons (Fsp3) is 0.167. The third-order valence-corrected chi connectivity index (χ3v) is 5.02. The molecule has 5 heteroatoms. The van der Waals surface area contributed by atoms with Crippen LogP contribution in [0, 0.1) is 10.1 Å². The van der Waals surface area contributed by atoms with Gasteiger partial charge in [-0.1, -0.05) is 72.8 Å². The molecule has 0 radical (unpaired) electrons. The Balaban J connectivity index is 1.67. The number of rotatable bonds is 7. The number of hydrogen-bond acceptors (Lipinski definition) is 4. The second-order valence-electron chi connectivity index (χ2n) is 6.98. The second kappa shape index (κ2) is 8.71. The summed E-state index contributed by atoms with van der Waals surface area (Å²) in [7, 11) is 0. The van der Waals surface area contributed by atoms with E-state index in [1.165, 1.54) is 0 Å². The predicted molar refractivity (Wildman–Crippen MR) is 114 cm³/mol. The highest BCUT2D eigenvalue weighted by Gasteiger charge is 2.33.